The second-order valence-corrected chi connectivity index (χ2v) is 5.03. The number of ketones is 1. The largest absolute Gasteiger partial charge is 0.319 e. The van der Waals surface area contributed by atoms with Gasteiger partial charge in [0.2, 0.25) is 0 Å². The highest BCUT2D eigenvalue weighted by molar-refractivity contribution is 5.78. The molecule has 2 saturated carbocycles. The fraction of sp³-hybridized carbons (Fsp3) is 0.917. The molecule has 0 aliphatic heterocycles. The van der Waals surface area contributed by atoms with E-state index in [4.69, 9.17) is 0 Å². The highest BCUT2D eigenvalue weighted by atomic mass is 16.1. The molecule has 2 aliphatic rings. The van der Waals surface area contributed by atoms with Crippen molar-refractivity contribution < 1.29 is 4.79 Å². The Morgan fingerprint density at radius 1 is 1.36 bits per heavy atom. The number of rotatable bonds is 5. The molecule has 2 bridgehead atoms. The number of nitrogens with one attached hydrogen (secondary N) is 1. The van der Waals surface area contributed by atoms with Gasteiger partial charge in [-0.1, -0.05) is 6.42 Å². The van der Waals surface area contributed by atoms with Gasteiger partial charge in [-0.15, -0.1) is 0 Å². The molecule has 0 spiro atoms. The van der Waals surface area contributed by atoms with Crippen LogP contribution in [0.5, 0.6) is 0 Å². The summed E-state index contributed by atoms with van der Waals surface area (Å²) < 4.78 is 0. The van der Waals surface area contributed by atoms with Crippen LogP contribution in [0, 0.1) is 17.8 Å². The maximum Gasteiger partial charge on any atom is 0.134 e. The van der Waals surface area contributed by atoms with E-state index in [1.165, 1.54) is 25.7 Å². The van der Waals surface area contributed by atoms with Gasteiger partial charge in [-0.25, -0.2) is 0 Å². The topological polar surface area (TPSA) is 29.1 Å². The van der Waals surface area contributed by atoms with Gasteiger partial charge in [0.15, 0.2) is 0 Å². The predicted molar refractivity (Wildman–Crippen MR) is 57.1 cm³/mol. The molecule has 80 valence electrons. The summed E-state index contributed by atoms with van der Waals surface area (Å²) >= 11 is 0. The van der Waals surface area contributed by atoms with Crippen LogP contribution < -0.4 is 5.32 Å². The summed E-state index contributed by atoms with van der Waals surface area (Å²) in [5.41, 5.74) is 0. The molecule has 0 aromatic rings. The van der Waals surface area contributed by atoms with Crippen LogP contribution in [-0.4, -0.2) is 19.4 Å². The lowest BCUT2D eigenvalue weighted by atomic mass is 9.85. The van der Waals surface area contributed by atoms with E-state index in [0.717, 1.165) is 37.1 Å². The van der Waals surface area contributed by atoms with E-state index in [9.17, 15) is 4.79 Å². The molecule has 0 aromatic carbocycles. The first-order valence-corrected chi connectivity index (χ1v) is 5.96. The Labute approximate surface area is 86.5 Å². The van der Waals surface area contributed by atoms with Crippen molar-refractivity contribution in [1.29, 1.82) is 0 Å². The van der Waals surface area contributed by atoms with Gasteiger partial charge in [0.1, 0.15) is 5.78 Å². The Balaban J connectivity index is 1.73. The minimum absolute atomic E-state index is 0.469. The summed E-state index contributed by atoms with van der Waals surface area (Å²) in [4.78, 5) is 11.6. The zero-order chi connectivity index (χ0) is 9.97. The molecule has 0 radical (unpaired) electrons. The molecule has 0 saturated heterocycles. The summed E-state index contributed by atoms with van der Waals surface area (Å²) in [5.74, 6) is 3.09. The quantitative estimate of drug-likeness (QED) is 0.727. The smallest absolute Gasteiger partial charge is 0.134 e. The van der Waals surface area contributed by atoms with Crippen LogP contribution in [-0.2, 0) is 4.79 Å². The molecule has 3 unspecified atom stereocenters. The Kier molecular flexibility index (Phi) is 3.22. The second kappa shape index (κ2) is 4.43. The van der Waals surface area contributed by atoms with Crippen molar-refractivity contribution in [3.8, 4) is 0 Å². The summed E-state index contributed by atoms with van der Waals surface area (Å²) in [7, 11) is 1.91. The van der Waals surface area contributed by atoms with Gasteiger partial charge in [0.05, 0.1) is 0 Å². The normalized spacial score (nSPS) is 35.1. The molecule has 2 nitrogen and oxygen atoms in total. The zero-order valence-electron chi connectivity index (χ0n) is 9.09. The molecule has 3 atom stereocenters. The predicted octanol–water partition coefficient (Wildman–Crippen LogP) is 1.99. The Hall–Kier alpha value is -0.370. The summed E-state index contributed by atoms with van der Waals surface area (Å²) in [6, 6.07) is 0. The molecular weight excluding hydrogens is 174 g/mol. The fourth-order valence-corrected chi connectivity index (χ4v) is 3.29. The zero-order valence-corrected chi connectivity index (χ0v) is 9.09. The Bertz CT molecular complexity index is 214. The lowest BCUT2D eigenvalue weighted by Crippen LogP contribution is -2.18. The highest BCUT2D eigenvalue weighted by Crippen LogP contribution is 2.49. The average Bonchev–Trinajstić information content (AvgIpc) is 2.76. The van der Waals surface area contributed by atoms with E-state index in [1.54, 1.807) is 0 Å². The van der Waals surface area contributed by atoms with Crippen LogP contribution in [0.4, 0.5) is 0 Å². The van der Waals surface area contributed by atoms with Crippen LogP contribution in [0.1, 0.15) is 38.5 Å². The van der Waals surface area contributed by atoms with Crippen LogP contribution in [0.15, 0.2) is 0 Å². The molecule has 0 aromatic heterocycles. The summed E-state index contributed by atoms with van der Waals surface area (Å²) in [6.07, 6.45) is 7.19. The van der Waals surface area contributed by atoms with Gasteiger partial charge < -0.3 is 5.32 Å². The average molecular weight is 195 g/mol. The Morgan fingerprint density at radius 3 is 2.79 bits per heavy atom. The molecule has 2 fully saturated rings. The molecule has 0 amide bonds. The van der Waals surface area contributed by atoms with Gasteiger partial charge in [-0.05, 0) is 44.1 Å². The van der Waals surface area contributed by atoms with E-state index in [1.807, 2.05) is 7.05 Å². The first kappa shape index (κ1) is 10.2. The van der Waals surface area contributed by atoms with Crippen LogP contribution >= 0.6 is 0 Å². The first-order valence-electron chi connectivity index (χ1n) is 5.96. The van der Waals surface area contributed by atoms with E-state index >= 15 is 0 Å². The lowest BCUT2D eigenvalue weighted by Gasteiger charge is -2.20. The van der Waals surface area contributed by atoms with Crippen LogP contribution in [0.2, 0.25) is 0 Å². The maximum atomic E-state index is 11.6. The van der Waals surface area contributed by atoms with Crippen molar-refractivity contribution >= 4 is 5.78 Å². The van der Waals surface area contributed by atoms with Crippen molar-refractivity contribution in [1.82, 2.24) is 5.32 Å². The highest BCUT2D eigenvalue weighted by Gasteiger charge is 2.39. The summed E-state index contributed by atoms with van der Waals surface area (Å²) in [5, 5.41) is 3.04. The van der Waals surface area contributed by atoms with Crippen molar-refractivity contribution in [2.75, 3.05) is 13.6 Å². The molecular formula is C12H21NO. The van der Waals surface area contributed by atoms with Gasteiger partial charge in [0.25, 0.3) is 0 Å². The monoisotopic (exact) mass is 195 g/mol. The number of carbonyl (C=O) groups is 1. The third-order valence-electron chi connectivity index (χ3n) is 4.03. The van der Waals surface area contributed by atoms with Crippen LogP contribution in [0.25, 0.3) is 0 Å². The SMILES string of the molecule is CNCCC(=O)CC1CC2CCC1C2. The van der Waals surface area contributed by atoms with Gasteiger partial charge >= 0.3 is 0 Å². The third-order valence-corrected chi connectivity index (χ3v) is 4.03. The van der Waals surface area contributed by atoms with Gasteiger partial charge in [-0.3, -0.25) is 4.79 Å². The number of hydrogen-bond donors (Lipinski definition) is 1. The number of fused-ring (bicyclic) bond motifs is 2. The number of carbonyl (C=O) groups excluding carboxylic acids is 1. The molecule has 2 rings (SSSR count). The molecule has 14 heavy (non-hydrogen) atoms. The minimum Gasteiger partial charge on any atom is -0.319 e. The van der Waals surface area contributed by atoms with Gasteiger partial charge in [0, 0.05) is 19.4 Å². The standard InChI is InChI=1S/C12H21NO/c1-13-5-4-12(14)8-11-7-9-2-3-10(11)6-9/h9-11,13H,2-8H2,1H3. The van der Waals surface area contributed by atoms with E-state index in [2.05, 4.69) is 5.32 Å². The van der Waals surface area contributed by atoms with E-state index in [-0.39, 0.29) is 0 Å². The third kappa shape index (κ3) is 2.17. The van der Waals surface area contributed by atoms with Gasteiger partial charge in [-0.2, -0.15) is 0 Å². The second-order valence-electron chi connectivity index (χ2n) is 5.03. The van der Waals surface area contributed by atoms with E-state index < -0.39 is 0 Å². The van der Waals surface area contributed by atoms with Crippen molar-refractivity contribution in [2.24, 2.45) is 17.8 Å². The van der Waals surface area contributed by atoms with E-state index in [0.29, 0.717) is 5.78 Å². The molecule has 2 aliphatic carbocycles. The minimum atomic E-state index is 0.469. The van der Waals surface area contributed by atoms with Crippen molar-refractivity contribution in [3.63, 3.8) is 0 Å². The fourth-order valence-electron chi connectivity index (χ4n) is 3.29. The van der Waals surface area contributed by atoms with Crippen LogP contribution in [0.3, 0.4) is 0 Å². The van der Waals surface area contributed by atoms with Crippen molar-refractivity contribution in [2.45, 2.75) is 38.5 Å². The lowest BCUT2D eigenvalue weighted by molar-refractivity contribution is -0.120. The Morgan fingerprint density at radius 2 is 2.21 bits per heavy atom. The molecule has 1 N–H and O–H groups in total. The number of hydrogen-bond acceptors (Lipinski definition) is 2. The molecule has 2 heteroatoms. The summed E-state index contributed by atoms with van der Waals surface area (Å²) in [6.45, 7) is 0.847. The van der Waals surface area contributed by atoms with Crippen molar-refractivity contribution in [3.05, 3.63) is 0 Å². The first-order chi connectivity index (χ1) is 6.79. The molecule has 0 heterocycles. The number of Topliss-reactive ketones (excluding diaryl/α,β-unsaturated/α-hetero) is 1. The maximum absolute atomic E-state index is 11.6.